The van der Waals surface area contributed by atoms with Gasteiger partial charge in [0.05, 0.1) is 5.92 Å². The second kappa shape index (κ2) is 4.55. The Bertz CT molecular complexity index is 431. The number of hydrogen-bond acceptors (Lipinski definition) is 3. The number of rotatable bonds is 2. The lowest BCUT2D eigenvalue weighted by atomic mass is 10.1. The molecule has 1 aliphatic heterocycles. The van der Waals surface area contributed by atoms with Gasteiger partial charge in [-0.25, -0.2) is 0 Å². The lowest BCUT2D eigenvalue weighted by Crippen LogP contribution is -2.29. The molecule has 6 heteroatoms. The molecule has 0 spiro atoms. The number of carboxylic acid groups (broad SMARTS) is 1. The third kappa shape index (κ3) is 2.12. The van der Waals surface area contributed by atoms with Gasteiger partial charge in [-0.15, -0.1) is 11.3 Å². The standard InChI is InChI=1S/C10H10BrNO3S/c11-7-2-4-16-8(7)9(13)12-3-1-6(5-12)10(14)15/h2,4,6H,1,3,5H2,(H,14,15). The Morgan fingerprint density at radius 2 is 2.31 bits per heavy atom. The molecule has 0 aromatic carbocycles. The Morgan fingerprint density at radius 1 is 1.56 bits per heavy atom. The molecular weight excluding hydrogens is 294 g/mol. The molecule has 0 saturated carbocycles. The zero-order valence-corrected chi connectivity index (χ0v) is 10.8. The molecule has 1 aromatic heterocycles. The van der Waals surface area contributed by atoms with Crippen LogP contribution in [-0.4, -0.2) is 35.0 Å². The number of carboxylic acids is 1. The molecule has 0 bridgehead atoms. The van der Waals surface area contributed by atoms with Crippen LogP contribution in [0.4, 0.5) is 0 Å². The van der Waals surface area contributed by atoms with E-state index in [-0.39, 0.29) is 5.91 Å². The van der Waals surface area contributed by atoms with Gasteiger partial charge in [0.1, 0.15) is 4.88 Å². The summed E-state index contributed by atoms with van der Waals surface area (Å²) in [5, 5.41) is 10.7. The van der Waals surface area contributed by atoms with Crippen LogP contribution in [0.25, 0.3) is 0 Å². The van der Waals surface area contributed by atoms with Gasteiger partial charge >= 0.3 is 5.97 Å². The Labute approximate surface area is 105 Å². The summed E-state index contributed by atoms with van der Waals surface area (Å²) in [7, 11) is 0. The predicted molar refractivity (Wildman–Crippen MR) is 63.7 cm³/mol. The van der Waals surface area contributed by atoms with Crippen molar-refractivity contribution in [2.45, 2.75) is 6.42 Å². The van der Waals surface area contributed by atoms with Crippen molar-refractivity contribution in [2.75, 3.05) is 13.1 Å². The highest BCUT2D eigenvalue weighted by molar-refractivity contribution is 9.10. The first-order valence-electron chi connectivity index (χ1n) is 4.84. The molecule has 86 valence electrons. The summed E-state index contributed by atoms with van der Waals surface area (Å²) < 4.78 is 0.779. The van der Waals surface area contributed by atoms with Gasteiger partial charge in [0.25, 0.3) is 5.91 Å². The van der Waals surface area contributed by atoms with E-state index in [1.807, 2.05) is 11.4 Å². The Morgan fingerprint density at radius 3 is 2.81 bits per heavy atom. The molecule has 1 N–H and O–H groups in total. The Hall–Kier alpha value is -0.880. The van der Waals surface area contributed by atoms with Crippen molar-refractivity contribution < 1.29 is 14.7 Å². The molecule has 0 radical (unpaired) electrons. The first-order valence-corrected chi connectivity index (χ1v) is 6.52. The summed E-state index contributed by atoms with van der Waals surface area (Å²) >= 11 is 4.67. The van der Waals surface area contributed by atoms with Crippen molar-refractivity contribution in [2.24, 2.45) is 5.92 Å². The van der Waals surface area contributed by atoms with Crippen molar-refractivity contribution >= 4 is 39.1 Å². The fourth-order valence-electron chi connectivity index (χ4n) is 1.74. The van der Waals surface area contributed by atoms with Crippen LogP contribution in [0.2, 0.25) is 0 Å². The number of halogens is 1. The molecule has 1 atom stereocenters. The van der Waals surface area contributed by atoms with Crippen molar-refractivity contribution in [1.82, 2.24) is 4.90 Å². The minimum atomic E-state index is -0.819. The highest BCUT2D eigenvalue weighted by Crippen LogP contribution is 2.26. The average Bonchev–Trinajstić information content (AvgIpc) is 2.84. The van der Waals surface area contributed by atoms with Gasteiger partial charge in [-0.2, -0.15) is 0 Å². The van der Waals surface area contributed by atoms with Crippen molar-refractivity contribution in [3.8, 4) is 0 Å². The topological polar surface area (TPSA) is 57.6 Å². The highest BCUT2D eigenvalue weighted by atomic mass is 79.9. The zero-order chi connectivity index (χ0) is 11.7. The first-order chi connectivity index (χ1) is 7.59. The smallest absolute Gasteiger partial charge is 0.308 e. The fourth-order valence-corrected chi connectivity index (χ4v) is 3.24. The van der Waals surface area contributed by atoms with Gasteiger partial charge in [-0.3, -0.25) is 9.59 Å². The molecule has 4 nitrogen and oxygen atoms in total. The van der Waals surface area contributed by atoms with Gasteiger partial charge in [0.2, 0.25) is 0 Å². The maximum atomic E-state index is 12.0. The largest absolute Gasteiger partial charge is 0.481 e. The van der Waals surface area contributed by atoms with E-state index >= 15 is 0 Å². The van der Waals surface area contributed by atoms with Crippen LogP contribution in [0.1, 0.15) is 16.1 Å². The van der Waals surface area contributed by atoms with Crippen LogP contribution >= 0.6 is 27.3 Å². The summed E-state index contributed by atoms with van der Waals surface area (Å²) in [6.45, 7) is 0.846. The minimum absolute atomic E-state index is 0.0781. The van der Waals surface area contributed by atoms with Crippen molar-refractivity contribution in [3.63, 3.8) is 0 Å². The quantitative estimate of drug-likeness (QED) is 0.910. The molecule has 1 unspecified atom stereocenters. The lowest BCUT2D eigenvalue weighted by Gasteiger charge is -2.14. The van der Waals surface area contributed by atoms with Crippen LogP contribution in [0.3, 0.4) is 0 Å². The maximum Gasteiger partial charge on any atom is 0.308 e. The van der Waals surface area contributed by atoms with Gasteiger partial charge in [0, 0.05) is 17.6 Å². The van der Waals surface area contributed by atoms with Crippen LogP contribution in [0, 0.1) is 5.92 Å². The normalized spacial score (nSPS) is 20.1. The van der Waals surface area contributed by atoms with E-state index in [1.54, 1.807) is 4.90 Å². The first kappa shape index (κ1) is 11.6. The van der Waals surface area contributed by atoms with E-state index in [0.29, 0.717) is 24.4 Å². The van der Waals surface area contributed by atoms with Gasteiger partial charge in [-0.05, 0) is 33.8 Å². The second-order valence-electron chi connectivity index (χ2n) is 3.67. The van der Waals surface area contributed by atoms with E-state index in [0.717, 1.165) is 4.47 Å². The lowest BCUT2D eigenvalue weighted by molar-refractivity contribution is -0.141. The number of carbonyl (C=O) groups is 2. The molecule has 1 saturated heterocycles. The minimum Gasteiger partial charge on any atom is -0.481 e. The molecular formula is C10H10BrNO3S. The number of aliphatic carboxylic acids is 1. The molecule has 1 aromatic rings. The third-order valence-corrected chi connectivity index (χ3v) is 4.46. The summed E-state index contributed by atoms with van der Waals surface area (Å²) in [5.41, 5.74) is 0. The van der Waals surface area contributed by atoms with E-state index in [2.05, 4.69) is 15.9 Å². The number of nitrogens with zero attached hydrogens (tertiary/aromatic N) is 1. The van der Waals surface area contributed by atoms with Crippen molar-refractivity contribution in [1.29, 1.82) is 0 Å². The SMILES string of the molecule is O=C(O)C1CCN(C(=O)c2sccc2Br)C1. The molecule has 16 heavy (non-hydrogen) atoms. The van der Waals surface area contributed by atoms with Crippen molar-refractivity contribution in [3.05, 3.63) is 20.8 Å². The van der Waals surface area contributed by atoms with Crippen LogP contribution in [-0.2, 0) is 4.79 Å². The summed E-state index contributed by atoms with van der Waals surface area (Å²) in [4.78, 5) is 25.0. The Balaban J connectivity index is 2.08. The molecule has 1 fully saturated rings. The summed E-state index contributed by atoms with van der Waals surface area (Å²) in [5.74, 6) is -1.31. The van der Waals surface area contributed by atoms with E-state index in [9.17, 15) is 9.59 Å². The van der Waals surface area contributed by atoms with E-state index < -0.39 is 11.9 Å². The van der Waals surface area contributed by atoms with Crippen LogP contribution in [0.15, 0.2) is 15.9 Å². The number of amides is 1. The van der Waals surface area contributed by atoms with Gasteiger partial charge < -0.3 is 10.0 Å². The predicted octanol–water partition coefficient (Wildman–Crippen LogP) is 2.06. The summed E-state index contributed by atoms with van der Waals surface area (Å²) in [6.07, 6.45) is 0.546. The second-order valence-corrected chi connectivity index (χ2v) is 5.44. The number of likely N-dealkylation sites (tertiary alicyclic amines) is 1. The molecule has 1 aliphatic rings. The Kier molecular flexibility index (Phi) is 3.30. The average molecular weight is 304 g/mol. The van der Waals surface area contributed by atoms with E-state index in [4.69, 9.17) is 5.11 Å². The third-order valence-electron chi connectivity index (χ3n) is 2.64. The monoisotopic (exact) mass is 303 g/mol. The molecule has 2 rings (SSSR count). The van der Waals surface area contributed by atoms with Gasteiger partial charge in [-0.1, -0.05) is 0 Å². The number of carbonyl (C=O) groups excluding carboxylic acids is 1. The summed E-state index contributed by atoms with van der Waals surface area (Å²) in [6, 6.07) is 1.82. The molecule has 0 aliphatic carbocycles. The fraction of sp³-hybridized carbons (Fsp3) is 0.400. The van der Waals surface area contributed by atoms with Crippen LogP contribution in [0.5, 0.6) is 0 Å². The zero-order valence-electron chi connectivity index (χ0n) is 8.35. The molecule has 1 amide bonds. The maximum absolute atomic E-state index is 12.0. The number of hydrogen-bond donors (Lipinski definition) is 1. The van der Waals surface area contributed by atoms with E-state index in [1.165, 1.54) is 11.3 Å². The number of thiophene rings is 1. The van der Waals surface area contributed by atoms with Crippen LogP contribution < -0.4 is 0 Å². The highest BCUT2D eigenvalue weighted by Gasteiger charge is 2.32. The van der Waals surface area contributed by atoms with Gasteiger partial charge in [0.15, 0.2) is 0 Å². The molecule has 2 heterocycles.